The first-order chi connectivity index (χ1) is 6.52. The van der Waals surface area contributed by atoms with Gasteiger partial charge in [-0.3, -0.25) is 4.21 Å². The summed E-state index contributed by atoms with van der Waals surface area (Å²) in [6.45, 7) is 8.46. The zero-order chi connectivity index (χ0) is 12.3. The number of ether oxygens (including phenoxy) is 1. The first-order valence-electron chi connectivity index (χ1n) is 4.59. The van der Waals surface area contributed by atoms with Crippen molar-refractivity contribution in [3.8, 4) is 0 Å². The van der Waals surface area contributed by atoms with E-state index in [1.54, 1.807) is 34.6 Å². The molecule has 0 radical (unpaired) electrons. The van der Waals surface area contributed by atoms with E-state index < -0.39 is 28.3 Å². The molecule has 0 aromatic rings. The fourth-order valence-electron chi connectivity index (χ4n) is 0.911. The van der Waals surface area contributed by atoms with E-state index in [1.807, 2.05) is 0 Å². The average molecular weight is 259 g/mol. The number of nitrogens with one attached hydrogen (secondary N) is 1. The largest absolute Gasteiger partial charge is 1.00 e. The van der Waals surface area contributed by atoms with Gasteiger partial charge in [-0.25, -0.2) is 4.79 Å². The smallest absolute Gasteiger partial charge is 0.772 e. The molecule has 1 amide bonds. The first-order valence-corrected chi connectivity index (χ1v) is 5.83. The summed E-state index contributed by atoms with van der Waals surface area (Å²) in [5.74, 6) is -0.147. The number of carbonyl (C=O) groups excluding carboxylic acids is 1. The second kappa shape index (κ2) is 6.96. The Morgan fingerprint density at radius 1 is 1.31 bits per heavy atom. The molecule has 0 aliphatic carbocycles. The molecule has 0 heterocycles. The Hall–Kier alpha value is 0.380. The van der Waals surface area contributed by atoms with Crippen LogP contribution in [0.25, 0.3) is 0 Å². The number of hydrogen-bond acceptors (Lipinski definition) is 4. The van der Waals surface area contributed by atoms with Crippen LogP contribution in [-0.2, 0) is 15.8 Å². The van der Waals surface area contributed by atoms with Crippen molar-refractivity contribution in [2.24, 2.45) is 0 Å². The van der Waals surface area contributed by atoms with Gasteiger partial charge in [-0.1, -0.05) is 11.1 Å². The number of rotatable bonds is 3. The van der Waals surface area contributed by atoms with Crippen molar-refractivity contribution in [2.75, 3.05) is 5.75 Å². The molecule has 0 spiro atoms. The first kappa shape index (κ1) is 18.7. The van der Waals surface area contributed by atoms with Gasteiger partial charge >= 0.3 is 35.7 Å². The summed E-state index contributed by atoms with van der Waals surface area (Å²) in [5.41, 5.74) is -1.41. The van der Waals surface area contributed by atoms with Crippen molar-refractivity contribution >= 4 is 17.2 Å². The zero-order valence-corrected chi connectivity index (χ0v) is 13.6. The summed E-state index contributed by atoms with van der Waals surface area (Å²) in [6.07, 6.45) is -0.613. The van der Waals surface area contributed by atoms with Crippen molar-refractivity contribution in [3.63, 3.8) is 0 Å². The average Bonchev–Trinajstić information content (AvgIpc) is 1.73. The molecule has 0 aromatic heterocycles. The van der Waals surface area contributed by atoms with Crippen LogP contribution in [0.3, 0.4) is 0 Å². The van der Waals surface area contributed by atoms with Gasteiger partial charge < -0.3 is 14.6 Å². The van der Waals surface area contributed by atoms with E-state index in [0.29, 0.717) is 0 Å². The monoisotopic (exact) mass is 259 g/mol. The summed E-state index contributed by atoms with van der Waals surface area (Å²) in [7, 11) is 0. The van der Waals surface area contributed by atoms with E-state index in [1.165, 1.54) is 0 Å². The van der Waals surface area contributed by atoms with E-state index >= 15 is 0 Å². The zero-order valence-electron chi connectivity index (χ0n) is 10.7. The third kappa shape index (κ3) is 10.9. The van der Waals surface area contributed by atoms with Crippen LogP contribution in [0.15, 0.2) is 0 Å². The summed E-state index contributed by atoms with van der Waals surface area (Å²) >= 11 is -2.19. The Bertz CT molecular complexity index is 263. The minimum Gasteiger partial charge on any atom is -0.772 e. The van der Waals surface area contributed by atoms with Gasteiger partial charge in [0.2, 0.25) is 0 Å². The Kier molecular flexibility index (Phi) is 8.15. The Morgan fingerprint density at radius 2 is 1.75 bits per heavy atom. The van der Waals surface area contributed by atoms with Gasteiger partial charge in [0.25, 0.3) is 0 Å². The second-order valence-corrected chi connectivity index (χ2v) is 5.86. The molecule has 0 aliphatic heterocycles. The van der Waals surface area contributed by atoms with Crippen molar-refractivity contribution in [2.45, 2.75) is 45.8 Å². The molecule has 0 aromatic carbocycles. The molecule has 1 N–H and O–H groups in total. The third-order valence-electron chi connectivity index (χ3n) is 1.32. The molecule has 1 unspecified atom stereocenters. The van der Waals surface area contributed by atoms with E-state index in [-0.39, 0.29) is 35.3 Å². The van der Waals surface area contributed by atoms with E-state index in [4.69, 9.17) is 4.74 Å². The summed E-state index contributed by atoms with van der Waals surface area (Å²) in [4.78, 5) is 11.3. The third-order valence-corrected chi connectivity index (χ3v) is 2.28. The Balaban J connectivity index is 0. The topological polar surface area (TPSA) is 78.5 Å². The predicted octanol–water partition coefficient (Wildman–Crippen LogP) is -1.83. The minimum absolute atomic E-state index is 0. The molecule has 16 heavy (non-hydrogen) atoms. The van der Waals surface area contributed by atoms with Gasteiger partial charge in [0, 0.05) is 11.3 Å². The predicted molar refractivity (Wildman–Crippen MR) is 57.2 cm³/mol. The maximum absolute atomic E-state index is 11.3. The molecule has 0 saturated carbocycles. The second-order valence-electron chi connectivity index (χ2n) is 4.96. The quantitative estimate of drug-likeness (QED) is 0.478. The fraction of sp³-hybridized carbons (Fsp3) is 0.889. The number of alkyl carbamates (subject to hydrolysis) is 1. The van der Waals surface area contributed by atoms with Crippen molar-refractivity contribution in [3.05, 3.63) is 0 Å². The molecule has 0 fully saturated rings. The van der Waals surface area contributed by atoms with Crippen LogP contribution in [0.2, 0.25) is 0 Å². The fourth-order valence-corrected chi connectivity index (χ4v) is 1.57. The Labute approximate surface area is 121 Å². The van der Waals surface area contributed by atoms with Crippen LogP contribution in [-0.4, -0.2) is 31.7 Å². The molecule has 7 heteroatoms. The van der Waals surface area contributed by atoms with Crippen LogP contribution in [0.4, 0.5) is 4.79 Å². The van der Waals surface area contributed by atoms with Crippen LogP contribution >= 0.6 is 0 Å². The molecular formula is C9H18NNaO4S. The maximum Gasteiger partial charge on any atom is 1.00 e. The molecule has 0 bridgehead atoms. The van der Waals surface area contributed by atoms with Gasteiger partial charge in [0.15, 0.2) is 0 Å². The van der Waals surface area contributed by atoms with Crippen LogP contribution in [0.1, 0.15) is 34.6 Å². The number of carbonyl (C=O) groups is 1. The molecule has 5 nitrogen and oxygen atoms in total. The molecule has 1 atom stereocenters. The van der Waals surface area contributed by atoms with Crippen molar-refractivity contribution < 1.29 is 47.9 Å². The van der Waals surface area contributed by atoms with Gasteiger partial charge in [-0.05, 0) is 34.6 Å². The standard InChI is InChI=1S/C9H19NO4S.Na/c1-8(2,3)14-7(11)10-9(4,5)6-15(12)13;/h6H2,1-5H3,(H,10,11)(H,12,13);/q;+1/p-1. The van der Waals surface area contributed by atoms with Gasteiger partial charge in [-0.2, -0.15) is 0 Å². The number of hydrogen-bond donors (Lipinski definition) is 1. The van der Waals surface area contributed by atoms with E-state index in [9.17, 15) is 13.6 Å². The minimum atomic E-state index is -2.19. The molecule has 0 saturated heterocycles. The Morgan fingerprint density at radius 3 is 2.06 bits per heavy atom. The van der Waals surface area contributed by atoms with Crippen LogP contribution in [0, 0.1) is 0 Å². The summed E-state index contributed by atoms with van der Waals surface area (Å²) < 4.78 is 26.0. The molecular weight excluding hydrogens is 241 g/mol. The summed E-state index contributed by atoms with van der Waals surface area (Å²) in [5, 5.41) is 2.49. The normalized spacial score (nSPS) is 13.6. The van der Waals surface area contributed by atoms with Crippen molar-refractivity contribution in [1.82, 2.24) is 5.32 Å². The summed E-state index contributed by atoms with van der Waals surface area (Å²) in [6, 6.07) is 0. The van der Waals surface area contributed by atoms with Crippen LogP contribution in [0.5, 0.6) is 0 Å². The SMILES string of the molecule is CC(C)(CS(=O)[O-])NC(=O)OC(C)(C)C.[Na+]. The van der Waals surface area contributed by atoms with E-state index in [2.05, 4.69) is 5.32 Å². The number of amides is 1. The molecule has 0 rings (SSSR count). The van der Waals surface area contributed by atoms with Crippen LogP contribution < -0.4 is 34.9 Å². The van der Waals surface area contributed by atoms with Crippen molar-refractivity contribution in [1.29, 1.82) is 0 Å². The molecule has 90 valence electrons. The van der Waals surface area contributed by atoms with Gasteiger partial charge in [0.1, 0.15) is 5.60 Å². The molecule has 0 aliphatic rings. The maximum atomic E-state index is 11.3. The van der Waals surface area contributed by atoms with Gasteiger partial charge in [0.05, 0.1) is 0 Å². The van der Waals surface area contributed by atoms with E-state index in [0.717, 1.165) is 0 Å². The van der Waals surface area contributed by atoms with Gasteiger partial charge in [-0.15, -0.1) is 0 Å².